The average molecular weight is 220 g/mol. The van der Waals surface area contributed by atoms with Crippen molar-refractivity contribution in [3.05, 3.63) is 53.5 Å². The number of oxazole rings is 1. The molecule has 2 rings (SSSR count). The van der Waals surface area contributed by atoms with Gasteiger partial charge in [-0.3, -0.25) is 4.79 Å². The molecule has 0 atom stereocenters. The summed E-state index contributed by atoms with van der Waals surface area (Å²) in [4.78, 5) is 14.6. The van der Waals surface area contributed by atoms with Crippen molar-refractivity contribution in [3.8, 4) is 0 Å². The van der Waals surface area contributed by atoms with E-state index in [1.807, 2.05) is 0 Å². The highest BCUT2D eigenvalue weighted by Crippen LogP contribution is 2.10. The molecule has 2 aromatic rings. The fourth-order valence-electron chi connectivity index (χ4n) is 1.33. The third kappa shape index (κ3) is 2.25. The van der Waals surface area contributed by atoms with Crippen molar-refractivity contribution in [1.82, 2.24) is 4.98 Å². The van der Waals surface area contributed by atoms with Crippen LogP contribution in [0.4, 0.5) is 4.39 Å². The Morgan fingerprint density at radius 3 is 2.94 bits per heavy atom. The molecule has 0 aliphatic rings. The van der Waals surface area contributed by atoms with E-state index < -0.39 is 5.91 Å². The van der Waals surface area contributed by atoms with E-state index in [1.54, 1.807) is 12.1 Å². The van der Waals surface area contributed by atoms with Crippen LogP contribution in [0.25, 0.3) is 0 Å². The maximum absolute atomic E-state index is 12.9. The second kappa shape index (κ2) is 4.14. The summed E-state index contributed by atoms with van der Waals surface area (Å²) >= 11 is 0. The zero-order valence-corrected chi connectivity index (χ0v) is 8.31. The number of benzene rings is 1. The Balaban J connectivity index is 2.17. The summed E-state index contributed by atoms with van der Waals surface area (Å²) in [5, 5.41) is 0. The molecule has 0 unspecified atom stereocenters. The Kier molecular flexibility index (Phi) is 2.68. The topological polar surface area (TPSA) is 69.1 Å². The molecule has 16 heavy (non-hydrogen) atoms. The second-order valence-corrected chi connectivity index (χ2v) is 3.30. The molecule has 1 heterocycles. The number of aromatic nitrogens is 1. The molecule has 0 bridgehead atoms. The molecular weight excluding hydrogens is 211 g/mol. The van der Waals surface area contributed by atoms with E-state index in [0.29, 0.717) is 12.3 Å². The van der Waals surface area contributed by atoms with Crippen LogP contribution in [0.1, 0.15) is 21.9 Å². The Morgan fingerprint density at radius 1 is 1.50 bits per heavy atom. The van der Waals surface area contributed by atoms with Crippen molar-refractivity contribution in [2.24, 2.45) is 5.73 Å². The van der Waals surface area contributed by atoms with Crippen LogP contribution in [0.2, 0.25) is 0 Å². The van der Waals surface area contributed by atoms with Crippen LogP contribution >= 0.6 is 0 Å². The van der Waals surface area contributed by atoms with Gasteiger partial charge < -0.3 is 10.2 Å². The molecule has 82 valence electrons. The van der Waals surface area contributed by atoms with Gasteiger partial charge in [0.25, 0.3) is 5.91 Å². The molecule has 1 aromatic carbocycles. The molecule has 4 nitrogen and oxygen atoms in total. The number of primary amides is 1. The molecule has 2 N–H and O–H groups in total. The van der Waals surface area contributed by atoms with Crippen molar-refractivity contribution < 1.29 is 13.6 Å². The number of carbonyl (C=O) groups is 1. The lowest BCUT2D eigenvalue weighted by Crippen LogP contribution is -2.11. The predicted molar refractivity (Wildman–Crippen MR) is 54.2 cm³/mol. The van der Waals surface area contributed by atoms with E-state index >= 15 is 0 Å². The van der Waals surface area contributed by atoms with Crippen LogP contribution in [0, 0.1) is 5.82 Å². The number of halogens is 1. The first kappa shape index (κ1) is 10.4. The maximum atomic E-state index is 12.9. The van der Waals surface area contributed by atoms with Crippen molar-refractivity contribution in [2.45, 2.75) is 6.42 Å². The summed E-state index contributed by atoms with van der Waals surface area (Å²) in [7, 11) is 0. The zero-order chi connectivity index (χ0) is 11.5. The quantitative estimate of drug-likeness (QED) is 0.852. The molecule has 1 amide bonds. The third-order valence-electron chi connectivity index (χ3n) is 2.05. The monoisotopic (exact) mass is 220 g/mol. The highest BCUT2D eigenvalue weighted by Gasteiger charge is 2.09. The number of rotatable bonds is 3. The van der Waals surface area contributed by atoms with Gasteiger partial charge in [-0.1, -0.05) is 12.1 Å². The number of nitrogens with two attached hydrogens (primary N) is 1. The van der Waals surface area contributed by atoms with Crippen LogP contribution in [0.5, 0.6) is 0 Å². The van der Waals surface area contributed by atoms with E-state index in [1.165, 1.54) is 18.4 Å². The largest absolute Gasteiger partial charge is 0.448 e. The molecule has 0 fully saturated rings. The number of nitrogens with zero attached hydrogens (tertiary/aromatic N) is 1. The van der Waals surface area contributed by atoms with E-state index in [9.17, 15) is 9.18 Å². The Labute approximate surface area is 90.9 Å². The van der Waals surface area contributed by atoms with Gasteiger partial charge in [0.2, 0.25) is 0 Å². The second-order valence-electron chi connectivity index (χ2n) is 3.30. The van der Waals surface area contributed by atoms with Crippen LogP contribution in [0.3, 0.4) is 0 Å². The van der Waals surface area contributed by atoms with Gasteiger partial charge in [0.15, 0.2) is 11.6 Å². The van der Waals surface area contributed by atoms with Gasteiger partial charge in [-0.15, -0.1) is 0 Å². The third-order valence-corrected chi connectivity index (χ3v) is 2.05. The van der Waals surface area contributed by atoms with Crippen LogP contribution < -0.4 is 5.73 Å². The van der Waals surface area contributed by atoms with E-state index in [-0.39, 0.29) is 11.5 Å². The lowest BCUT2D eigenvalue weighted by atomic mass is 10.1. The minimum atomic E-state index is -0.644. The van der Waals surface area contributed by atoms with Crippen molar-refractivity contribution in [2.75, 3.05) is 0 Å². The standard InChI is InChI=1S/C11H9FN2O2/c12-8-3-1-2-7(4-8)5-10-14-9(6-16-10)11(13)15/h1-4,6H,5H2,(H2,13,15). The molecule has 0 saturated heterocycles. The Morgan fingerprint density at radius 2 is 2.31 bits per heavy atom. The lowest BCUT2D eigenvalue weighted by molar-refractivity contribution is 0.0995. The summed E-state index contributed by atoms with van der Waals surface area (Å²) in [6.45, 7) is 0. The van der Waals surface area contributed by atoms with Crippen molar-refractivity contribution in [1.29, 1.82) is 0 Å². The van der Waals surface area contributed by atoms with Crippen LogP contribution in [0.15, 0.2) is 34.9 Å². The van der Waals surface area contributed by atoms with Gasteiger partial charge in [-0.05, 0) is 17.7 Å². The van der Waals surface area contributed by atoms with Gasteiger partial charge in [-0.2, -0.15) is 0 Å². The average Bonchev–Trinajstić information content (AvgIpc) is 2.66. The van der Waals surface area contributed by atoms with Crippen LogP contribution in [-0.2, 0) is 6.42 Å². The normalized spacial score (nSPS) is 10.3. The fraction of sp³-hybridized carbons (Fsp3) is 0.0909. The molecule has 0 spiro atoms. The molecular formula is C11H9FN2O2. The van der Waals surface area contributed by atoms with Gasteiger partial charge in [-0.25, -0.2) is 9.37 Å². The summed E-state index contributed by atoms with van der Waals surface area (Å²) in [6.07, 6.45) is 1.52. The highest BCUT2D eigenvalue weighted by atomic mass is 19.1. The molecule has 1 aromatic heterocycles. The number of hydrogen-bond acceptors (Lipinski definition) is 3. The van der Waals surface area contributed by atoms with Gasteiger partial charge >= 0.3 is 0 Å². The fourth-order valence-corrected chi connectivity index (χ4v) is 1.33. The van der Waals surface area contributed by atoms with Gasteiger partial charge in [0, 0.05) is 6.42 Å². The summed E-state index contributed by atoms with van der Waals surface area (Å²) in [5.41, 5.74) is 5.82. The minimum absolute atomic E-state index is 0.0754. The van der Waals surface area contributed by atoms with Gasteiger partial charge in [0.1, 0.15) is 12.1 Å². The SMILES string of the molecule is NC(=O)c1coc(Cc2cccc(F)c2)n1. The van der Waals surface area contributed by atoms with Crippen molar-refractivity contribution in [3.63, 3.8) is 0 Å². The lowest BCUT2D eigenvalue weighted by Gasteiger charge is -1.96. The molecule has 0 aliphatic carbocycles. The molecule has 0 saturated carbocycles. The van der Waals surface area contributed by atoms with Gasteiger partial charge in [0.05, 0.1) is 0 Å². The first-order chi connectivity index (χ1) is 7.65. The number of carbonyl (C=O) groups excluding carboxylic acids is 1. The number of hydrogen-bond donors (Lipinski definition) is 1. The highest BCUT2D eigenvalue weighted by molar-refractivity contribution is 5.90. The molecule has 0 aliphatic heterocycles. The smallest absolute Gasteiger partial charge is 0.270 e. The summed E-state index contributed by atoms with van der Waals surface area (Å²) in [5.74, 6) is -0.632. The summed E-state index contributed by atoms with van der Waals surface area (Å²) < 4.78 is 17.9. The number of amides is 1. The minimum Gasteiger partial charge on any atom is -0.448 e. The maximum Gasteiger partial charge on any atom is 0.270 e. The first-order valence-electron chi connectivity index (χ1n) is 4.64. The predicted octanol–water partition coefficient (Wildman–Crippen LogP) is 1.50. The van der Waals surface area contributed by atoms with Crippen molar-refractivity contribution >= 4 is 5.91 Å². The zero-order valence-electron chi connectivity index (χ0n) is 8.31. The molecule has 0 radical (unpaired) electrons. The van der Waals surface area contributed by atoms with E-state index in [2.05, 4.69) is 4.98 Å². The first-order valence-corrected chi connectivity index (χ1v) is 4.64. The Hall–Kier alpha value is -2.17. The van der Waals surface area contributed by atoms with E-state index in [4.69, 9.17) is 10.2 Å². The van der Waals surface area contributed by atoms with E-state index in [0.717, 1.165) is 5.56 Å². The van der Waals surface area contributed by atoms with Crippen LogP contribution in [-0.4, -0.2) is 10.9 Å². The summed E-state index contributed by atoms with van der Waals surface area (Å²) in [6, 6.07) is 6.09. The molecule has 5 heteroatoms. The Bertz CT molecular complexity index is 522.